The molecular formula is C14H19N3S2. The van der Waals surface area contributed by atoms with Crippen LogP contribution in [0.4, 0.5) is 5.82 Å². The van der Waals surface area contributed by atoms with Crippen molar-refractivity contribution in [3.8, 4) is 0 Å². The van der Waals surface area contributed by atoms with E-state index in [-0.39, 0.29) is 0 Å². The van der Waals surface area contributed by atoms with Crippen LogP contribution in [-0.4, -0.2) is 22.3 Å². The van der Waals surface area contributed by atoms with Crippen molar-refractivity contribution in [3.05, 3.63) is 10.4 Å². The maximum atomic E-state index is 4.76. The van der Waals surface area contributed by atoms with Crippen molar-refractivity contribution in [1.82, 2.24) is 9.97 Å². The third-order valence-corrected chi connectivity index (χ3v) is 5.42. The molecule has 2 aromatic heterocycles. The average molecular weight is 293 g/mol. The molecule has 0 bridgehead atoms. The molecule has 0 aromatic carbocycles. The summed E-state index contributed by atoms with van der Waals surface area (Å²) in [7, 11) is 1.96. The lowest BCUT2D eigenvalue weighted by Crippen LogP contribution is -2.02. The van der Waals surface area contributed by atoms with Gasteiger partial charge in [0, 0.05) is 17.2 Å². The average Bonchev–Trinajstić information content (AvgIpc) is 2.75. The molecule has 1 aliphatic carbocycles. The SMILES string of the molecule is CNc1nc(SC(C)C)nc2sc3c(c12)CCCC3. The van der Waals surface area contributed by atoms with Crippen LogP contribution in [0.15, 0.2) is 5.16 Å². The monoisotopic (exact) mass is 293 g/mol. The number of aryl methyl sites for hydroxylation is 2. The maximum absolute atomic E-state index is 4.76. The highest BCUT2D eigenvalue weighted by Gasteiger charge is 2.20. The van der Waals surface area contributed by atoms with Gasteiger partial charge < -0.3 is 5.32 Å². The van der Waals surface area contributed by atoms with Crippen LogP contribution in [0, 0.1) is 0 Å². The molecular weight excluding hydrogens is 274 g/mol. The van der Waals surface area contributed by atoms with Crippen LogP contribution in [0.5, 0.6) is 0 Å². The van der Waals surface area contributed by atoms with Crippen molar-refractivity contribution < 1.29 is 0 Å². The second-order valence-corrected chi connectivity index (χ2v) is 7.79. The second-order valence-electron chi connectivity index (χ2n) is 5.16. The molecule has 0 saturated heterocycles. The van der Waals surface area contributed by atoms with E-state index in [9.17, 15) is 0 Å². The standard InChI is InChI=1S/C14H19N3S2/c1-8(2)18-14-16-12(15-3)11-9-6-4-5-7-10(9)19-13(11)17-14/h8H,4-7H2,1-3H3,(H,15,16,17). The fourth-order valence-electron chi connectivity index (χ4n) is 2.58. The van der Waals surface area contributed by atoms with E-state index in [2.05, 4.69) is 24.1 Å². The maximum Gasteiger partial charge on any atom is 0.191 e. The molecule has 1 N–H and O–H groups in total. The summed E-state index contributed by atoms with van der Waals surface area (Å²) in [5.74, 6) is 1.01. The van der Waals surface area contributed by atoms with Gasteiger partial charge in [-0.3, -0.25) is 0 Å². The molecule has 0 atom stereocenters. The summed E-state index contributed by atoms with van der Waals surface area (Å²) in [6, 6.07) is 0. The fourth-order valence-corrected chi connectivity index (χ4v) is 4.61. The molecule has 102 valence electrons. The zero-order valence-electron chi connectivity index (χ0n) is 11.6. The van der Waals surface area contributed by atoms with Crippen LogP contribution in [-0.2, 0) is 12.8 Å². The molecule has 0 amide bonds. The summed E-state index contributed by atoms with van der Waals surface area (Å²) in [5, 5.41) is 5.94. The van der Waals surface area contributed by atoms with Gasteiger partial charge in [-0.1, -0.05) is 25.6 Å². The lowest BCUT2D eigenvalue weighted by molar-refractivity contribution is 0.700. The minimum absolute atomic E-state index is 0.511. The van der Waals surface area contributed by atoms with Crippen molar-refractivity contribution >= 4 is 39.1 Å². The molecule has 0 spiro atoms. The zero-order chi connectivity index (χ0) is 13.4. The summed E-state index contributed by atoms with van der Waals surface area (Å²) in [6.07, 6.45) is 5.01. The molecule has 5 heteroatoms. The highest BCUT2D eigenvalue weighted by Crippen LogP contribution is 2.39. The molecule has 3 rings (SSSR count). The first kappa shape index (κ1) is 13.2. The first-order valence-electron chi connectivity index (χ1n) is 6.85. The van der Waals surface area contributed by atoms with Gasteiger partial charge in [-0.2, -0.15) is 0 Å². The van der Waals surface area contributed by atoms with Crippen molar-refractivity contribution in [3.63, 3.8) is 0 Å². The predicted molar refractivity (Wildman–Crippen MR) is 84.6 cm³/mol. The van der Waals surface area contributed by atoms with Gasteiger partial charge in [0.05, 0.1) is 5.39 Å². The van der Waals surface area contributed by atoms with Gasteiger partial charge >= 0.3 is 0 Å². The fraction of sp³-hybridized carbons (Fsp3) is 0.571. The number of aromatic nitrogens is 2. The highest BCUT2D eigenvalue weighted by molar-refractivity contribution is 7.99. The first-order valence-corrected chi connectivity index (χ1v) is 8.55. The van der Waals surface area contributed by atoms with Gasteiger partial charge in [0.15, 0.2) is 5.16 Å². The summed E-state index contributed by atoms with van der Waals surface area (Å²) >= 11 is 3.60. The molecule has 3 nitrogen and oxygen atoms in total. The molecule has 0 aliphatic heterocycles. The Kier molecular flexibility index (Phi) is 3.67. The summed E-state index contributed by atoms with van der Waals surface area (Å²) in [5.41, 5.74) is 1.50. The number of rotatable bonds is 3. The molecule has 0 saturated carbocycles. The Morgan fingerprint density at radius 1 is 1.21 bits per heavy atom. The largest absolute Gasteiger partial charge is 0.372 e. The van der Waals surface area contributed by atoms with Gasteiger partial charge in [-0.15, -0.1) is 11.3 Å². The van der Waals surface area contributed by atoms with E-state index in [0.717, 1.165) is 15.8 Å². The van der Waals surface area contributed by atoms with Crippen LogP contribution in [0.1, 0.15) is 37.1 Å². The zero-order valence-corrected chi connectivity index (χ0v) is 13.2. The Hall–Kier alpha value is -0.810. The normalized spacial score (nSPS) is 14.9. The number of anilines is 1. The highest BCUT2D eigenvalue weighted by atomic mass is 32.2. The second kappa shape index (κ2) is 5.29. The number of fused-ring (bicyclic) bond motifs is 3. The summed E-state index contributed by atoms with van der Waals surface area (Å²) in [4.78, 5) is 12.1. The van der Waals surface area contributed by atoms with Crippen LogP contribution in [0.2, 0.25) is 0 Å². The van der Waals surface area contributed by atoms with Gasteiger partial charge in [0.1, 0.15) is 10.6 Å². The third kappa shape index (κ3) is 2.46. The van der Waals surface area contributed by atoms with Gasteiger partial charge in [-0.05, 0) is 31.2 Å². The topological polar surface area (TPSA) is 37.8 Å². The Labute approximate surface area is 122 Å². The van der Waals surface area contributed by atoms with Crippen LogP contribution in [0.3, 0.4) is 0 Å². The van der Waals surface area contributed by atoms with Crippen molar-refractivity contribution in [2.24, 2.45) is 0 Å². The summed E-state index contributed by atoms with van der Waals surface area (Å²) < 4.78 is 0. The van der Waals surface area contributed by atoms with E-state index in [1.807, 2.05) is 18.4 Å². The molecule has 19 heavy (non-hydrogen) atoms. The molecule has 0 fully saturated rings. The lowest BCUT2D eigenvalue weighted by atomic mass is 9.97. The predicted octanol–water partition coefficient (Wildman–Crippen LogP) is 4.11. The van der Waals surface area contributed by atoms with Crippen molar-refractivity contribution in [1.29, 1.82) is 0 Å². The van der Waals surface area contributed by atoms with E-state index in [1.54, 1.807) is 11.8 Å². The Bertz CT molecular complexity index is 604. The Balaban J connectivity index is 2.16. The Morgan fingerprint density at radius 3 is 2.74 bits per heavy atom. The molecule has 1 aliphatic rings. The minimum atomic E-state index is 0.511. The van der Waals surface area contributed by atoms with E-state index < -0.39 is 0 Å². The molecule has 2 aromatic rings. The van der Waals surface area contributed by atoms with Crippen molar-refractivity contribution in [2.45, 2.75) is 49.9 Å². The first-order chi connectivity index (χ1) is 9.19. The molecule has 0 radical (unpaired) electrons. The van der Waals surface area contributed by atoms with E-state index in [0.29, 0.717) is 5.25 Å². The van der Waals surface area contributed by atoms with Crippen LogP contribution in [0.25, 0.3) is 10.2 Å². The number of thioether (sulfide) groups is 1. The number of nitrogens with zero attached hydrogens (tertiary/aromatic N) is 2. The quantitative estimate of drug-likeness (QED) is 0.682. The van der Waals surface area contributed by atoms with Gasteiger partial charge in [0.2, 0.25) is 0 Å². The van der Waals surface area contributed by atoms with Crippen LogP contribution >= 0.6 is 23.1 Å². The van der Waals surface area contributed by atoms with E-state index in [4.69, 9.17) is 4.98 Å². The molecule has 2 heterocycles. The summed E-state index contributed by atoms with van der Waals surface area (Å²) in [6.45, 7) is 4.35. The minimum Gasteiger partial charge on any atom is -0.372 e. The van der Waals surface area contributed by atoms with E-state index in [1.165, 1.54) is 41.5 Å². The number of hydrogen-bond donors (Lipinski definition) is 1. The number of hydrogen-bond acceptors (Lipinski definition) is 5. The number of thiophene rings is 1. The van der Waals surface area contributed by atoms with Crippen molar-refractivity contribution in [2.75, 3.05) is 12.4 Å². The molecule has 0 unspecified atom stereocenters. The van der Waals surface area contributed by atoms with Gasteiger partial charge in [0.25, 0.3) is 0 Å². The van der Waals surface area contributed by atoms with E-state index >= 15 is 0 Å². The lowest BCUT2D eigenvalue weighted by Gasteiger charge is -2.12. The third-order valence-electron chi connectivity index (χ3n) is 3.37. The van der Waals surface area contributed by atoms with Crippen LogP contribution < -0.4 is 5.32 Å². The van der Waals surface area contributed by atoms with Gasteiger partial charge in [-0.25, -0.2) is 9.97 Å². The smallest absolute Gasteiger partial charge is 0.191 e. The number of nitrogens with one attached hydrogen (secondary N) is 1. The Morgan fingerprint density at radius 2 is 2.00 bits per heavy atom.